The monoisotopic (exact) mass is 290 g/mol. The normalized spacial score (nSPS) is 20.6. The van der Waals surface area contributed by atoms with Crippen molar-refractivity contribution in [1.82, 2.24) is 9.55 Å². The van der Waals surface area contributed by atoms with Crippen LogP contribution in [0.25, 0.3) is 5.00 Å². The second kappa shape index (κ2) is 4.45. The summed E-state index contributed by atoms with van der Waals surface area (Å²) in [6.07, 6.45) is 3.78. The van der Waals surface area contributed by atoms with Crippen molar-refractivity contribution >= 4 is 23.2 Å². The van der Waals surface area contributed by atoms with E-state index in [9.17, 15) is 0 Å². The Kier molecular flexibility index (Phi) is 3.08. The van der Waals surface area contributed by atoms with Gasteiger partial charge in [-0.05, 0) is 46.8 Å². The van der Waals surface area contributed by atoms with E-state index in [1.165, 1.54) is 0 Å². The lowest BCUT2D eigenvalue weighted by Crippen LogP contribution is -2.41. The fourth-order valence-corrected chi connectivity index (χ4v) is 3.17. The third-order valence-corrected chi connectivity index (χ3v) is 5.27. The minimum Gasteiger partial charge on any atom is -0.399 e. The Hall–Kier alpha value is -1.11. The van der Waals surface area contributed by atoms with Gasteiger partial charge in [0.05, 0.1) is 11.2 Å². The van der Waals surface area contributed by atoms with Crippen LogP contribution in [0.2, 0.25) is 0 Å². The highest BCUT2D eigenvalue weighted by Gasteiger charge is 2.52. The van der Waals surface area contributed by atoms with Crippen molar-refractivity contribution in [3.05, 3.63) is 30.4 Å². The quantitative estimate of drug-likeness (QED) is 0.797. The van der Waals surface area contributed by atoms with Gasteiger partial charge in [-0.1, -0.05) is 0 Å². The molecule has 20 heavy (non-hydrogen) atoms. The van der Waals surface area contributed by atoms with E-state index in [1.54, 1.807) is 11.3 Å². The van der Waals surface area contributed by atoms with Crippen molar-refractivity contribution < 1.29 is 9.31 Å². The number of aryl methyl sites for hydroxylation is 1. The zero-order valence-electron chi connectivity index (χ0n) is 12.5. The molecule has 0 radical (unpaired) electrons. The molecule has 6 heteroatoms. The Morgan fingerprint density at radius 2 is 1.80 bits per heavy atom. The molecule has 2 aromatic rings. The molecule has 1 saturated heterocycles. The maximum absolute atomic E-state index is 6.07. The summed E-state index contributed by atoms with van der Waals surface area (Å²) in [5.41, 5.74) is -0.598. The van der Waals surface area contributed by atoms with Crippen LogP contribution in [-0.2, 0) is 9.31 Å². The smallest absolute Gasteiger partial charge is 0.399 e. The molecule has 1 aliphatic heterocycles. The molecule has 1 aliphatic rings. The molecule has 0 atom stereocenters. The summed E-state index contributed by atoms with van der Waals surface area (Å²) in [6, 6.07) is 4.15. The van der Waals surface area contributed by atoms with Gasteiger partial charge in [0.15, 0.2) is 0 Å². The van der Waals surface area contributed by atoms with Crippen LogP contribution in [0.3, 0.4) is 0 Å². The largest absolute Gasteiger partial charge is 0.505 e. The first-order valence-corrected chi connectivity index (χ1v) is 7.57. The Labute approximate surface area is 123 Å². The maximum atomic E-state index is 6.07. The Bertz CT molecular complexity index is 617. The summed E-state index contributed by atoms with van der Waals surface area (Å²) in [7, 11) is -0.289. The van der Waals surface area contributed by atoms with Crippen LogP contribution in [0.5, 0.6) is 0 Å². The number of hydrogen-bond donors (Lipinski definition) is 0. The van der Waals surface area contributed by atoms with E-state index in [4.69, 9.17) is 9.31 Å². The topological polar surface area (TPSA) is 36.3 Å². The van der Waals surface area contributed by atoms with Crippen molar-refractivity contribution in [3.8, 4) is 5.00 Å². The van der Waals surface area contributed by atoms with Crippen LogP contribution in [0, 0.1) is 6.92 Å². The highest BCUT2D eigenvalue weighted by Crippen LogP contribution is 2.37. The van der Waals surface area contributed by atoms with E-state index in [0.717, 1.165) is 15.6 Å². The zero-order valence-corrected chi connectivity index (χ0v) is 13.3. The second-order valence-electron chi connectivity index (χ2n) is 6.11. The summed E-state index contributed by atoms with van der Waals surface area (Å²) in [5.74, 6) is 0.979. The third kappa shape index (κ3) is 2.12. The van der Waals surface area contributed by atoms with E-state index >= 15 is 0 Å². The Morgan fingerprint density at radius 1 is 1.15 bits per heavy atom. The van der Waals surface area contributed by atoms with Crippen LogP contribution in [0.4, 0.5) is 0 Å². The van der Waals surface area contributed by atoms with Crippen LogP contribution >= 0.6 is 11.3 Å². The highest BCUT2D eigenvalue weighted by molar-refractivity contribution is 7.24. The Balaban J connectivity index is 1.88. The molecular formula is C14H19BN2O2S. The lowest BCUT2D eigenvalue weighted by molar-refractivity contribution is 0.00578. The number of hydrogen-bond acceptors (Lipinski definition) is 4. The van der Waals surface area contributed by atoms with E-state index in [-0.39, 0.29) is 18.3 Å². The summed E-state index contributed by atoms with van der Waals surface area (Å²) < 4.78 is 15.3. The molecule has 0 amide bonds. The van der Waals surface area contributed by atoms with E-state index < -0.39 is 0 Å². The minimum atomic E-state index is -0.299. The molecule has 106 valence electrons. The zero-order chi connectivity index (χ0) is 14.5. The molecule has 0 spiro atoms. The van der Waals surface area contributed by atoms with E-state index in [1.807, 2.05) is 19.3 Å². The van der Waals surface area contributed by atoms with Crippen molar-refractivity contribution in [1.29, 1.82) is 0 Å². The second-order valence-corrected chi connectivity index (χ2v) is 7.20. The molecule has 0 unspecified atom stereocenters. The van der Waals surface area contributed by atoms with Gasteiger partial charge in [-0.15, -0.1) is 11.3 Å². The molecule has 1 fully saturated rings. The lowest BCUT2D eigenvalue weighted by Gasteiger charge is -2.32. The maximum Gasteiger partial charge on any atom is 0.505 e. The third-order valence-electron chi connectivity index (χ3n) is 4.16. The van der Waals surface area contributed by atoms with E-state index in [0.29, 0.717) is 0 Å². The fourth-order valence-electron chi connectivity index (χ4n) is 2.17. The number of aromatic nitrogens is 2. The number of imidazole rings is 1. The van der Waals surface area contributed by atoms with Crippen molar-refractivity contribution in [3.63, 3.8) is 0 Å². The van der Waals surface area contributed by atoms with Crippen LogP contribution < -0.4 is 4.78 Å². The fraction of sp³-hybridized carbons (Fsp3) is 0.500. The standard InChI is InChI=1S/C14H19BN2O2S/c1-10-16-8-9-17(10)12-7-6-11(20-12)15-18-13(2,3)14(4,5)19-15/h6-9H,1-5H3. The van der Waals surface area contributed by atoms with Crippen molar-refractivity contribution in [2.45, 2.75) is 45.8 Å². The highest BCUT2D eigenvalue weighted by atomic mass is 32.1. The molecule has 2 aromatic heterocycles. The number of nitrogens with zero attached hydrogens (tertiary/aromatic N) is 2. The predicted molar refractivity (Wildman–Crippen MR) is 81.9 cm³/mol. The summed E-state index contributed by atoms with van der Waals surface area (Å²) >= 11 is 1.68. The van der Waals surface area contributed by atoms with Gasteiger partial charge >= 0.3 is 7.12 Å². The van der Waals surface area contributed by atoms with Gasteiger partial charge in [0.2, 0.25) is 0 Å². The molecule has 0 aromatic carbocycles. The predicted octanol–water partition coefficient (Wildman–Crippen LogP) is 2.54. The lowest BCUT2D eigenvalue weighted by atomic mass is 9.88. The molecule has 3 rings (SSSR count). The Morgan fingerprint density at radius 3 is 2.35 bits per heavy atom. The SMILES string of the molecule is Cc1nccn1-c1ccc(B2OC(C)(C)C(C)(C)O2)s1. The van der Waals surface area contributed by atoms with Crippen LogP contribution in [0.1, 0.15) is 33.5 Å². The van der Waals surface area contributed by atoms with Gasteiger partial charge in [-0.25, -0.2) is 4.98 Å². The average Bonchev–Trinajstić information content (AvgIpc) is 2.98. The van der Waals surface area contributed by atoms with Gasteiger partial charge < -0.3 is 9.31 Å². The minimum absolute atomic E-state index is 0.289. The average molecular weight is 290 g/mol. The van der Waals surface area contributed by atoms with Crippen LogP contribution in [-0.4, -0.2) is 27.9 Å². The molecule has 0 N–H and O–H groups in total. The first-order valence-electron chi connectivity index (χ1n) is 6.76. The van der Waals surface area contributed by atoms with Crippen molar-refractivity contribution in [2.24, 2.45) is 0 Å². The first-order chi connectivity index (χ1) is 9.30. The van der Waals surface area contributed by atoms with Gasteiger partial charge in [-0.2, -0.15) is 0 Å². The molecule has 4 nitrogen and oxygen atoms in total. The van der Waals surface area contributed by atoms with Gasteiger partial charge in [-0.3, -0.25) is 4.57 Å². The van der Waals surface area contributed by atoms with Crippen molar-refractivity contribution in [2.75, 3.05) is 0 Å². The number of rotatable bonds is 2. The molecule has 0 saturated carbocycles. The van der Waals surface area contributed by atoms with Crippen LogP contribution in [0.15, 0.2) is 24.5 Å². The molecule has 0 bridgehead atoms. The van der Waals surface area contributed by atoms with E-state index in [2.05, 4.69) is 49.4 Å². The summed E-state index contributed by atoms with van der Waals surface area (Å²) in [4.78, 5) is 4.25. The first kappa shape index (κ1) is 13.9. The molecular weight excluding hydrogens is 271 g/mol. The summed E-state index contributed by atoms with van der Waals surface area (Å²) in [6.45, 7) is 10.3. The number of thiophene rings is 1. The summed E-state index contributed by atoms with van der Waals surface area (Å²) in [5, 5.41) is 1.13. The molecule has 0 aliphatic carbocycles. The molecule has 3 heterocycles. The van der Waals surface area contributed by atoms with Gasteiger partial charge in [0, 0.05) is 17.2 Å². The van der Waals surface area contributed by atoms with Gasteiger partial charge in [0.25, 0.3) is 0 Å². The van der Waals surface area contributed by atoms with Gasteiger partial charge in [0.1, 0.15) is 10.8 Å².